The van der Waals surface area contributed by atoms with Gasteiger partial charge in [-0.2, -0.15) is 0 Å². The SMILES string of the molecule is CC(C)C[C@H](NC(=O)/C(=C\c1ccc(Cl)cc1)NC(=O)c1ccccc1)C(=O)O. The summed E-state index contributed by atoms with van der Waals surface area (Å²) in [6.45, 7) is 3.73. The van der Waals surface area contributed by atoms with Crippen molar-refractivity contribution in [1.29, 1.82) is 0 Å². The first-order valence-electron chi connectivity index (χ1n) is 9.13. The van der Waals surface area contributed by atoms with Crippen LogP contribution < -0.4 is 10.6 Å². The molecule has 2 aromatic rings. The van der Waals surface area contributed by atoms with Crippen LogP contribution in [-0.2, 0) is 9.59 Å². The third-order valence-corrected chi connectivity index (χ3v) is 4.27. The number of carboxylic acid groups (broad SMARTS) is 1. The van der Waals surface area contributed by atoms with Gasteiger partial charge in [0, 0.05) is 10.6 Å². The highest BCUT2D eigenvalue weighted by molar-refractivity contribution is 6.30. The van der Waals surface area contributed by atoms with Gasteiger partial charge >= 0.3 is 5.97 Å². The van der Waals surface area contributed by atoms with Crippen LogP contribution in [0.1, 0.15) is 36.2 Å². The van der Waals surface area contributed by atoms with Gasteiger partial charge in [-0.05, 0) is 48.2 Å². The Balaban J connectivity index is 2.30. The number of hydrogen-bond donors (Lipinski definition) is 3. The smallest absolute Gasteiger partial charge is 0.326 e. The highest BCUT2D eigenvalue weighted by Crippen LogP contribution is 2.13. The minimum absolute atomic E-state index is 0.0591. The molecule has 0 aliphatic rings. The highest BCUT2D eigenvalue weighted by atomic mass is 35.5. The van der Waals surface area contributed by atoms with Crippen LogP contribution >= 0.6 is 11.6 Å². The molecule has 0 bridgehead atoms. The second-order valence-electron chi connectivity index (χ2n) is 6.92. The predicted octanol–water partition coefficient (Wildman–Crippen LogP) is 3.73. The van der Waals surface area contributed by atoms with Crippen molar-refractivity contribution in [3.8, 4) is 0 Å². The summed E-state index contributed by atoms with van der Waals surface area (Å²) >= 11 is 5.89. The van der Waals surface area contributed by atoms with Gasteiger partial charge in [-0.1, -0.05) is 55.8 Å². The van der Waals surface area contributed by atoms with Gasteiger partial charge < -0.3 is 15.7 Å². The lowest BCUT2D eigenvalue weighted by atomic mass is 10.0. The van der Waals surface area contributed by atoms with Crippen molar-refractivity contribution in [2.75, 3.05) is 0 Å². The number of rotatable bonds is 8. The van der Waals surface area contributed by atoms with E-state index < -0.39 is 23.8 Å². The monoisotopic (exact) mass is 414 g/mol. The Kier molecular flexibility index (Phi) is 7.98. The van der Waals surface area contributed by atoms with Crippen molar-refractivity contribution in [3.05, 3.63) is 76.4 Å². The number of benzene rings is 2. The average molecular weight is 415 g/mol. The molecule has 2 rings (SSSR count). The van der Waals surface area contributed by atoms with E-state index in [-0.39, 0.29) is 18.0 Å². The zero-order valence-corrected chi connectivity index (χ0v) is 16.9. The van der Waals surface area contributed by atoms with Crippen LogP contribution in [0.2, 0.25) is 5.02 Å². The van der Waals surface area contributed by atoms with E-state index in [4.69, 9.17) is 11.6 Å². The lowest BCUT2D eigenvalue weighted by molar-refractivity contribution is -0.141. The number of carbonyl (C=O) groups is 3. The molecular weight excluding hydrogens is 392 g/mol. The first-order valence-corrected chi connectivity index (χ1v) is 9.51. The molecule has 0 saturated heterocycles. The van der Waals surface area contributed by atoms with Crippen LogP contribution in [0.15, 0.2) is 60.3 Å². The van der Waals surface area contributed by atoms with Crippen LogP contribution in [0.25, 0.3) is 6.08 Å². The maximum atomic E-state index is 12.8. The fraction of sp³-hybridized carbons (Fsp3) is 0.227. The minimum atomic E-state index is -1.13. The van der Waals surface area contributed by atoms with Crippen LogP contribution in [-0.4, -0.2) is 28.9 Å². The van der Waals surface area contributed by atoms with Crippen molar-refractivity contribution in [2.24, 2.45) is 5.92 Å². The van der Waals surface area contributed by atoms with Gasteiger partial charge in [-0.3, -0.25) is 9.59 Å². The summed E-state index contributed by atoms with van der Waals surface area (Å²) in [5, 5.41) is 15.0. The van der Waals surface area contributed by atoms with Gasteiger partial charge in [0.15, 0.2) is 0 Å². The normalized spacial score (nSPS) is 12.3. The summed E-state index contributed by atoms with van der Waals surface area (Å²) < 4.78 is 0. The van der Waals surface area contributed by atoms with E-state index in [1.807, 2.05) is 13.8 Å². The molecule has 1 atom stereocenters. The fourth-order valence-electron chi connectivity index (χ4n) is 2.60. The van der Waals surface area contributed by atoms with Crippen LogP contribution in [0.4, 0.5) is 0 Å². The molecule has 0 aliphatic heterocycles. The topological polar surface area (TPSA) is 95.5 Å². The van der Waals surface area contributed by atoms with Gasteiger partial charge in [0.2, 0.25) is 0 Å². The lowest BCUT2D eigenvalue weighted by Crippen LogP contribution is -2.45. The number of amides is 2. The van der Waals surface area contributed by atoms with Gasteiger partial charge in [0.05, 0.1) is 0 Å². The van der Waals surface area contributed by atoms with E-state index in [1.54, 1.807) is 54.6 Å². The highest BCUT2D eigenvalue weighted by Gasteiger charge is 2.24. The molecule has 0 fully saturated rings. The van der Waals surface area contributed by atoms with Gasteiger partial charge in [-0.25, -0.2) is 4.79 Å². The Morgan fingerprint density at radius 1 is 1.03 bits per heavy atom. The summed E-state index contributed by atoms with van der Waals surface area (Å²) in [4.78, 5) is 36.8. The molecule has 0 saturated carbocycles. The summed E-state index contributed by atoms with van der Waals surface area (Å²) in [6, 6.07) is 14.0. The summed E-state index contributed by atoms with van der Waals surface area (Å²) in [6.07, 6.45) is 1.74. The minimum Gasteiger partial charge on any atom is -0.480 e. The maximum absolute atomic E-state index is 12.8. The van der Waals surface area contributed by atoms with Gasteiger partial charge in [0.25, 0.3) is 11.8 Å². The zero-order chi connectivity index (χ0) is 21.4. The van der Waals surface area contributed by atoms with E-state index in [1.165, 1.54) is 6.08 Å². The molecule has 0 radical (unpaired) electrons. The summed E-state index contributed by atoms with van der Waals surface area (Å²) in [7, 11) is 0. The third kappa shape index (κ3) is 7.08. The Bertz CT molecular complexity index is 893. The molecule has 2 aromatic carbocycles. The maximum Gasteiger partial charge on any atom is 0.326 e. The molecule has 0 heterocycles. The number of carbonyl (C=O) groups excluding carboxylic acids is 2. The van der Waals surface area contributed by atoms with Gasteiger partial charge in [0.1, 0.15) is 11.7 Å². The van der Waals surface area contributed by atoms with E-state index in [9.17, 15) is 19.5 Å². The second kappa shape index (κ2) is 10.4. The number of hydrogen-bond acceptors (Lipinski definition) is 3. The number of halogens is 1. The van der Waals surface area contributed by atoms with Crippen LogP contribution in [0, 0.1) is 5.92 Å². The van der Waals surface area contributed by atoms with Crippen LogP contribution in [0.3, 0.4) is 0 Å². The standard InChI is InChI=1S/C22H23ClN2O4/c1-14(2)12-19(22(28)29)25-21(27)18(13-15-8-10-17(23)11-9-15)24-20(26)16-6-4-3-5-7-16/h3-11,13-14,19H,12H2,1-2H3,(H,24,26)(H,25,27)(H,28,29)/b18-13+/t19-/m0/s1. The summed E-state index contributed by atoms with van der Waals surface area (Å²) in [5.74, 6) is -2.22. The Labute approximate surface area is 174 Å². The first kappa shape index (κ1) is 22.2. The molecule has 152 valence electrons. The molecule has 0 unspecified atom stereocenters. The summed E-state index contributed by atoms with van der Waals surface area (Å²) in [5.41, 5.74) is 0.944. The zero-order valence-electron chi connectivity index (χ0n) is 16.2. The number of nitrogens with one attached hydrogen (secondary N) is 2. The predicted molar refractivity (Wildman–Crippen MR) is 112 cm³/mol. The fourth-order valence-corrected chi connectivity index (χ4v) is 2.72. The molecular formula is C22H23ClN2O4. The van der Waals surface area contributed by atoms with E-state index in [2.05, 4.69) is 10.6 Å². The molecule has 3 N–H and O–H groups in total. The molecule has 0 aliphatic carbocycles. The molecule has 29 heavy (non-hydrogen) atoms. The van der Waals surface area contributed by atoms with Crippen molar-refractivity contribution >= 4 is 35.5 Å². The van der Waals surface area contributed by atoms with Gasteiger partial charge in [-0.15, -0.1) is 0 Å². The molecule has 7 heteroatoms. The molecule has 6 nitrogen and oxygen atoms in total. The largest absolute Gasteiger partial charge is 0.480 e. The quantitative estimate of drug-likeness (QED) is 0.573. The average Bonchev–Trinajstić information content (AvgIpc) is 2.68. The Morgan fingerprint density at radius 3 is 2.21 bits per heavy atom. The van der Waals surface area contributed by atoms with E-state index in [0.717, 1.165) is 0 Å². The van der Waals surface area contributed by atoms with Crippen molar-refractivity contribution < 1.29 is 19.5 Å². The van der Waals surface area contributed by atoms with E-state index in [0.29, 0.717) is 16.1 Å². The van der Waals surface area contributed by atoms with Crippen LogP contribution in [0.5, 0.6) is 0 Å². The molecule has 0 aromatic heterocycles. The third-order valence-electron chi connectivity index (χ3n) is 4.02. The second-order valence-corrected chi connectivity index (χ2v) is 7.36. The Morgan fingerprint density at radius 2 is 1.66 bits per heavy atom. The lowest BCUT2D eigenvalue weighted by Gasteiger charge is -2.18. The Hall–Kier alpha value is -3.12. The van der Waals surface area contributed by atoms with E-state index >= 15 is 0 Å². The first-order chi connectivity index (χ1) is 13.8. The number of aliphatic carboxylic acids is 1. The molecule has 2 amide bonds. The number of carboxylic acids is 1. The molecule has 0 spiro atoms. The van der Waals surface area contributed by atoms with Crippen molar-refractivity contribution in [1.82, 2.24) is 10.6 Å². The van der Waals surface area contributed by atoms with Crippen molar-refractivity contribution in [3.63, 3.8) is 0 Å². The van der Waals surface area contributed by atoms with Crippen molar-refractivity contribution in [2.45, 2.75) is 26.3 Å².